The Morgan fingerprint density at radius 1 is 1.21 bits per heavy atom. The highest BCUT2D eigenvalue weighted by molar-refractivity contribution is 5.96. The van der Waals surface area contributed by atoms with Gasteiger partial charge in [0.15, 0.2) is 0 Å². The number of nitrogen functional groups attached to an aromatic ring is 1. The van der Waals surface area contributed by atoms with Crippen LogP contribution in [0.5, 0.6) is 5.75 Å². The maximum Gasteiger partial charge on any atom is 0.373 e. The van der Waals surface area contributed by atoms with Gasteiger partial charge >= 0.3 is 6.15 Å². The van der Waals surface area contributed by atoms with Crippen molar-refractivity contribution in [2.45, 2.75) is 26.3 Å². The van der Waals surface area contributed by atoms with Crippen LogP contribution in [0.1, 0.15) is 29.9 Å². The number of carbonyl (C=O) groups excluding carboxylic acids is 3. The summed E-state index contributed by atoms with van der Waals surface area (Å²) in [5, 5.41) is 3.76. The van der Waals surface area contributed by atoms with E-state index in [1.165, 1.54) is 0 Å². The Bertz CT molecular complexity index is 1030. The van der Waals surface area contributed by atoms with Crippen LogP contribution < -0.4 is 15.8 Å². The van der Waals surface area contributed by atoms with Crippen molar-refractivity contribution in [3.8, 4) is 5.75 Å². The number of carbonyl (C=O) groups is 1. The van der Waals surface area contributed by atoms with Crippen molar-refractivity contribution < 1.29 is 19.1 Å². The van der Waals surface area contributed by atoms with Crippen molar-refractivity contribution in [2.75, 3.05) is 12.3 Å². The van der Waals surface area contributed by atoms with E-state index >= 15 is 0 Å². The standard InChI is InChI=1S/C20H22N4O2.CO2/c1-13-11-15(21)18-16(23-13)5-4-6-17(18)26-12-20(2,3)24-19(25)14-7-9-22-10-8-14;2-1-3/h4-11H,12H2,1-3H3,(H2,21,23)(H,24,25);. The fourth-order valence-corrected chi connectivity index (χ4v) is 2.72. The molecule has 0 aliphatic heterocycles. The van der Waals surface area contributed by atoms with E-state index in [-0.39, 0.29) is 18.7 Å². The Morgan fingerprint density at radius 3 is 2.52 bits per heavy atom. The van der Waals surface area contributed by atoms with Gasteiger partial charge in [-0.15, -0.1) is 0 Å². The van der Waals surface area contributed by atoms with Crippen LogP contribution in [0.3, 0.4) is 0 Å². The first-order valence-electron chi connectivity index (χ1n) is 8.78. The second-order valence-corrected chi connectivity index (χ2v) is 6.95. The molecule has 1 aromatic carbocycles. The molecule has 3 N–H and O–H groups in total. The minimum Gasteiger partial charge on any atom is -0.490 e. The van der Waals surface area contributed by atoms with E-state index < -0.39 is 5.54 Å². The highest BCUT2D eigenvalue weighted by atomic mass is 16.5. The number of anilines is 1. The number of nitrogens with two attached hydrogens (primary N) is 1. The lowest BCUT2D eigenvalue weighted by Crippen LogP contribution is -2.47. The number of aryl methyl sites for hydroxylation is 1. The molecule has 1 amide bonds. The Balaban J connectivity index is 0.000000941. The summed E-state index contributed by atoms with van der Waals surface area (Å²) in [6.45, 7) is 6.00. The Kier molecular flexibility index (Phi) is 7.00. The molecule has 0 bridgehead atoms. The minimum absolute atomic E-state index is 0.171. The van der Waals surface area contributed by atoms with Crippen LogP contribution >= 0.6 is 0 Å². The molecule has 0 saturated carbocycles. The van der Waals surface area contributed by atoms with Crippen molar-refractivity contribution in [1.29, 1.82) is 0 Å². The van der Waals surface area contributed by atoms with Crippen molar-refractivity contribution in [3.05, 3.63) is 60.0 Å². The topological polar surface area (TPSA) is 124 Å². The number of pyridine rings is 2. The summed E-state index contributed by atoms with van der Waals surface area (Å²) in [5.41, 5.74) is 8.42. The Hall–Kier alpha value is -3.77. The number of aromatic nitrogens is 2. The molecule has 2 heterocycles. The van der Waals surface area contributed by atoms with Gasteiger partial charge in [0, 0.05) is 29.3 Å². The highest BCUT2D eigenvalue weighted by Gasteiger charge is 2.23. The summed E-state index contributed by atoms with van der Waals surface area (Å²) in [6.07, 6.45) is 3.43. The molecule has 150 valence electrons. The van der Waals surface area contributed by atoms with Gasteiger partial charge in [0.1, 0.15) is 12.4 Å². The number of fused-ring (bicyclic) bond motifs is 1. The van der Waals surface area contributed by atoms with E-state index in [9.17, 15) is 4.79 Å². The van der Waals surface area contributed by atoms with E-state index in [0.717, 1.165) is 16.6 Å². The predicted molar refractivity (Wildman–Crippen MR) is 107 cm³/mol. The van der Waals surface area contributed by atoms with Gasteiger partial charge in [-0.3, -0.25) is 14.8 Å². The van der Waals surface area contributed by atoms with Gasteiger partial charge in [-0.05, 0) is 51.1 Å². The van der Waals surface area contributed by atoms with Crippen LogP contribution in [0.15, 0.2) is 48.8 Å². The van der Waals surface area contributed by atoms with Gasteiger partial charge in [-0.2, -0.15) is 9.59 Å². The lowest BCUT2D eigenvalue weighted by molar-refractivity contribution is -0.191. The molecule has 0 aliphatic rings. The molecule has 0 radical (unpaired) electrons. The highest BCUT2D eigenvalue weighted by Crippen LogP contribution is 2.30. The maximum absolute atomic E-state index is 12.4. The Labute approximate surface area is 168 Å². The second-order valence-electron chi connectivity index (χ2n) is 6.95. The third-order valence-electron chi connectivity index (χ3n) is 3.94. The van der Waals surface area contributed by atoms with Gasteiger partial charge < -0.3 is 15.8 Å². The average molecular weight is 394 g/mol. The molecule has 0 atom stereocenters. The summed E-state index contributed by atoms with van der Waals surface area (Å²) >= 11 is 0. The third-order valence-corrected chi connectivity index (χ3v) is 3.94. The molecule has 3 aromatic rings. The molecule has 29 heavy (non-hydrogen) atoms. The van der Waals surface area contributed by atoms with Crippen LogP contribution in [0.2, 0.25) is 0 Å². The van der Waals surface area contributed by atoms with Crippen molar-refractivity contribution in [1.82, 2.24) is 15.3 Å². The van der Waals surface area contributed by atoms with Gasteiger partial charge in [-0.25, -0.2) is 0 Å². The van der Waals surface area contributed by atoms with Crippen molar-refractivity contribution in [2.24, 2.45) is 0 Å². The zero-order valence-electron chi connectivity index (χ0n) is 16.4. The first kappa shape index (κ1) is 21.5. The van der Waals surface area contributed by atoms with E-state index in [4.69, 9.17) is 20.1 Å². The number of nitrogens with one attached hydrogen (secondary N) is 1. The number of benzene rings is 1. The molecule has 0 spiro atoms. The fourth-order valence-electron chi connectivity index (χ4n) is 2.72. The lowest BCUT2D eigenvalue weighted by atomic mass is 10.1. The normalized spacial score (nSPS) is 10.4. The van der Waals surface area contributed by atoms with E-state index in [1.54, 1.807) is 24.5 Å². The number of hydrogen-bond donors (Lipinski definition) is 2. The molecule has 8 nitrogen and oxygen atoms in total. The van der Waals surface area contributed by atoms with Gasteiger partial charge in [0.2, 0.25) is 0 Å². The van der Waals surface area contributed by atoms with Crippen LogP contribution in [-0.2, 0) is 9.59 Å². The molecule has 3 rings (SSSR count). The Morgan fingerprint density at radius 2 is 1.86 bits per heavy atom. The summed E-state index contributed by atoms with van der Waals surface area (Å²) in [4.78, 5) is 37.0. The number of hydrogen-bond acceptors (Lipinski definition) is 7. The second kappa shape index (κ2) is 9.43. The van der Waals surface area contributed by atoms with E-state index in [2.05, 4.69) is 15.3 Å². The van der Waals surface area contributed by atoms with Gasteiger partial charge in [0.25, 0.3) is 5.91 Å². The van der Waals surface area contributed by atoms with Crippen LogP contribution in [0.4, 0.5) is 5.69 Å². The summed E-state index contributed by atoms with van der Waals surface area (Å²) in [6, 6.07) is 10.8. The van der Waals surface area contributed by atoms with Crippen molar-refractivity contribution >= 4 is 28.6 Å². The van der Waals surface area contributed by atoms with E-state index in [1.807, 2.05) is 45.0 Å². The third kappa shape index (κ3) is 5.85. The number of nitrogens with zero attached hydrogens (tertiary/aromatic N) is 2. The summed E-state index contributed by atoms with van der Waals surface area (Å²) in [7, 11) is 0. The van der Waals surface area contributed by atoms with Gasteiger partial charge in [-0.1, -0.05) is 6.07 Å². The molecular weight excluding hydrogens is 372 g/mol. The quantitative estimate of drug-likeness (QED) is 0.681. The van der Waals surface area contributed by atoms with Crippen LogP contribution in [0, 0.1) is 6.92 Å². The summed E-state index contributed by atoms with van der Waals surface area (Å²) in [5.74, 6) is 0.481. The minimum atomic E-state index is -0.574. The fraction of sp³-hybridized carbons (Fsp3) is 0.238. The first-order valence-corrected chi connectivity index (χ1v) is 8.78. The molecule has 0 unspecified atom stereocenters. The van der Waals surface area contributed by atoms with Gasteiger partial charge in [0.05, 0.1) is 16.4 Å². The molecular formula is C21H22N4O4. The maximum atomic E-state index is 12.4. The van der Waals surface area contributed by atoms with Crippen molar-refractivity contribution in [3.63, 3.8) is 0 Å². The zero-order chi connectivity index (χ0) is 21.4. The number of ether oxygens (including phenoxy) is 1. The monoisotopic (exact) mass is 394 g/mol. The number of rotatable bonds is 5. The largest absolute Gasteiger partial charge is 0.490 e. The van der Waals surface area contributed by atoms with Crippen LogP contribution in [0.25, 0.3) is 10.9 Å². The SMILES string of the molecule is Cc1cc(N)c2c(OCC(C)(C)NC(=O)c3ccncc3)cccc2n1.O=C=O. The molecule has 2 aromatic heterocycles. The zero-order valence-corrected chi connectivity index (χ0v) is 16.4. The predicted octanol–water partition coefficient (Wildman–Crippen LogP) is 2.52. The lowest BCUT2D eigenvalue weighted by Gasteiger charge is -2.26. The average Bonchev–Trinajstić information content (AvgIpc) is 2.67. The first-order chi connectivity index (χ1) is 13.8. The van der Waals surface area contributed by atoms with Crippen LogP contribution in [-0.4, -0.2) is 34.2 Å². The summed E-state index contributed by atoms with van der Waals surface area (Å²) < 4.78 is 5.99. The van der Waals surface area contributed by atoms with E-state index in [0.29, 0.717) is 17.0 Å². The molecule has 0 fully saturated rings. The molecule has 0 saturated heterocycles. The smallest absolute Gasteiger partial charge is 0.373 e. The number of amides is 1. The molecule has 8 heteroatoms. The molecule has 0 aliphatic carbocycles.